The highest BCUT2D eigenvalue weighted by molar-refractivity contribution is 5.79. The summed E-state index contributed by atoms with van der Waals surface area (Å²) in [6, 6.07) is 7.56. The van der Waals surface area contributed by atoms with E-state index in [1.165, 1.54) is 0 Å². The molecule has 1 N–H and O–H groups in total. The van der Waals surface area contributed by atoms with E-state index in [2.05, 4.69) is 27.2 Å². The van der Waals surface area contributed by atoms with Crippen molar-refractivity contribution < 1.29 is 9.53 Å². The molecule has 1 fully saturated rings. The van der Waals surface area contributed by atoms with Crippen molar-refractivity contribution in [2.45, 2.75) is 25.3 Å². The molecule has 1 aromatic carbocycles. The van der Waals surface area contributed by atoms with Gasteiger partial charge in [0, 0.05) is 37.0 Å². The number of methoxy groups -OCH3 is 1. The third-order valence-electron chi connectivity index (χ3n) is 5.36. The molecule has 1 aliphatic heterocycles. The highest BCUT2D eigenvalue weighted by atomic mass is 16.5. The first-order valence-electron chi connectivity index (χ1n) is 9.90. The van der Waals surface area contributed by atoms with E-state index < -0.39 is 0 Å². The van der Waals surface area contributed by atoms with E-state index in [0.29, 0.717) is 19.0 Å². The number of carbonyl (C=O) groups excluding carboxylic acids is 1. The predicted molar refractivity (Wildman–Crippen MR) is 110 cm³/mol. The standard InChI is InChI=1S/C21H26N6O2/c1-26-11-7-16(14-26)19-20-21(24-9-8-23-20)27(25-19)12-10-22-18(28)13-15-5-3-4-6-17(15)29-2/h3-6,8-9,16H,7,10-14H2,1-2H3,(H,22,28)/t16-/m0/s1. The SMILES string of the molecule is COc1ccccc1CC(=O)NCCn1nc([C@H]2CCN(C)C2)c2nccnc21. The lowest BCUT2D eigenvalue weighted by molar-refractivity contribution is -0.120. The molecule has 8 nitrogen and oxygen atoms in total. The Labute approximate surface area is 169 Å². The van der Waals surface area contributed by atoms with Gasteiger partial charge in [0.2, 0.25) is 5.91 Å². The Morgan fingerprint density at radius 3 is 2.90 bits per heavy atom. The lowest BCUT2D eigenvalue weighted by Crippen LogP contribution is -2.29. The molecule has 3 aromatic rings. The maximum Gasteiger partial charge on any atom is 0.224 e. The summed E-state index contributed by atoms with van der Waals surface area (Å²) < 4.78 is 7.17. The quantitative estimate of drug-likeness (QED) is 0.655. The summed E-state index contributed by atoms with van der Waals surface area (Å²) in [7, 11) is 3.74. The fourth-order valence-corrected chi connectivity index (χ4v) is 3.90. The number of likely N-dealkylation sites (tertiary alicyclic amines) is 1. The van der Waals surface area contributed by atoms with Crippen molar-refractivity contribution >= 4 is 17.1 Å². The molecule has 0 aliphatic carbocycles. The second kappa shape index (κ2) is 8.57. The Hall–Kier alpha value is -3.00. The summed E-state index contributed by atoms with van der Waals surface area (Å²) in [6.45, 7) is 3.08. The number of hydrogen-bond acceptors (Lipinski definition) is 6. The molecule has 1 aliphatic rings. The Morgan fingerprint density at radius 2 is 2.10 bits per heavy atom. The predicted octanol–water partition coefficient (Wildman–Crippen LogP) is 1.61. The summed E-state index contributed by atoms with van der Waals surface area (Å²) in [5.74, 6) is 1.05. The zero-order valence-electron chi connectivity index (χ0n) is 16.8. The molecule has 1 atom stereocenters. The minimum Gasteiger partial charge on any atom is -0.496 e. The molecule has 0 unspecified atom stereocenters. The van der Waals surface area contributed by atoms with E-state index in [4.69, 9.17) is 9.84 Å². The molecular formula is C21H26N6O2. The maximum absolute atomic E-state index is 12.4. The molecule has 4 rings (SSSR count). The first kappa shape index (κ1) is 19.3. The van der Waals surface area contributed by atoms with Crippen molar-refractivity contribution in [1.29, 1.82) is 0 Å². The first-order chi connectivity index (χ1) is 14.2. The van der Waals surface area contributed by atoms with Gasteiger partial charge >= 0.3 is 0 Å². The van der Waals surface area contributed by atoms with Crippen LogP contribution in [-0.4, -0.2) is 64.3 Å². The third-order valence-corrected chi connectivity index (χ3v) is 5.36. The molecule has 152 valence electrons. The van der Waals surface area contributed by atoms with Crippen molar-refractivity contribution in [2.75, 3.05) is 33.8 Å². The van der Waals surface area contributed by atoms with E-state index in [1.54, 1.807) is 19.5 Å². The van der Waals surface area contributed by atoms with Gasteiger partial charge in [0.25, 0.3) is 0 Å². The third kappa shape index (κ3) is 4.22. The van der Waals surface area contributed by atoms with E-state index in [9.17, 15) is 4.79 Å². The summed E-state index contributed by atoms with van der Waals surface area (Å²) in [5.41, 5.74) is 3.53. The van der Waals surface area contributed by atoms with Gasteiger partial charge < -0.3 is 15.0 Å². The number of hydrogen-bond donors (Lipinski definition) is 1. The fourth-order valence-electron chi connectivity index (χ4n) is 3.90. The smallest absolute Gasteiger partial charge is 0.224 e. The average molecular weight is 394 g/mol. The van der Waals surface area contributed by atoms with Crippen LogP contribution in [0.5, 0.6) is 5.75 Å². The molecule has 8 heteroatoms. The Kier molecular flexibility index (Phi) is 5.71. The van der Waals surface area contributed by atoms with Gasteiger partial charge in [0.05, 0.1) is 25.8 Å². The van der Waals surface area contributed by atoms with Gasteiger partial charge in [-0.05, 0) is 26.1 Å². The van der Waals surface area contributed by atoms with Gasteiger partial charge in [-0.3, -0.25) is 4.79 Å². The van der Waals surface area contributed by atoms with Crippen LogP contribution >= 0.6 is 0 Å². The van der Waals surface area contributed by atoms with Crippen molar-refractivity contribution in [1.82, 2.24) is 30.0 Å². The van der Waals surface area contributed by atoms with Crippen LogP contribution in [0.2, 0.25) is 0 Å². The van der Waals surface area contributed by atoms with Gasteiger partial charge in [-0.1, -0.05) is 18.2 Å². The lowest BCUT2D eigenvalue weighted by Gasteiger charge is -2.09. The number of likely N-dealkylation sites (N-methyl/N-ethyl adjacent to an activating group) is 1. The van der Waals surface area contributed by atoms with E-state index in [-0.39, 0.29) is 12.3 Å². The van der Waals surface area contributed by atoms with E-state index in [0.717, 1.165) is 47.7 Å². The molecule has 1 amide bonds. The molecule has 29 heavy (non-hydrogen) atoms. The molecule has 3 heterocycles. The highest BCUT2D eigenvalue weighted by Crippen LogP contribution is 2.29. The van der Waals surface area contributed by atoms with Crippen LogP contribution < -0.4 is 10.1 Å². The number of fused-ring (bicyclic) bond motifs is 1. The van der Waals surface area contributed by atoms with Crippen molar-refractivity contribution in [3.05, 3.63) is 47.9 Å². The van der Waals surface area contributed by atoms with Crippen LogP contribution in [0.1, 0.15) is 23.6 Å². The van der Waals surface area contributed by atoms with Crippen LogP contribution in [0.4, 0.5) is 0 Å². The maximum atomic E-state index is 12.4. The highest BCUT2D eigenvalue weighted by Gasteiger charge is 2.27. The number of nitrogens with one attached hydrogen (secondary N) is 1. The molecule has 0 saturated carbocycles. The van der Waals surface area contributed by atoms with Crippen LogP contribution in [-0.2, 0) is 17.8 Å². The normalized spacial score (nSPS) is 17.0. The monoisotopic (exact) mass is 394 g/mol. The minimum absolute atomic E-state index is 0.0466. The largest absolute Gasteiger partial charge is 0.496 e. The fraction of sp³-hybridized carbons (Fsp3) is 0.429. The molecule has 0 radical (unpaired) electrons. The Balaban J connectivity index is 1.41. The number of carbonyl (C=O) groups is 1. The average Bonchev–Trinajstić information content (AvgIpc) is 3.32. The topological polar surface area (TPSA) is 85.2 Å². The van der Waals surface area contributed by atoms with Crippen LogP contribution in [0, 0.1) is 0 Å². The van der Waals surface area contributed by atoms with Crippen molar-refractivity contribution in [3.63, 3.8) is 0 Å². The number of ether oxygens (including phenoxy) is 1. The van der Waals surface area contributed by atoms with Gasteiger partial charge in [0.1, 0.15) is 11.3 Å². The van der Waals surface area contributed by atoms with E-state index in [1.807, 2.05) is 28.9 Å². The van der Waals surface area contributed by atoms with Gasteiger partial charge in [-0.2, -0.15) is 5.10 Å². The Bertz CT molecular complexity index is 1000. The van der Waals surface area contributed by atoms with Crippen LogP contribution in [0.15, 0.2) is 36.7 Å². The summed E-state index contributed by atoms with van der Waals surface area (Å²) in [5, 5.41) is 7.78. The van der Waals surface area contributed by atoms with Crippen molar-refractivity contribution in [2.24, 2.45) is 0 Å². The zero-order valence-corrected chi connectivity index (χ0v) is 16.8. The van der Waals surface area contributed by atoms with Gasteiger partial charge in [-0.25, -0.2) is 14.6 Å². The molecule has 1 saturated heterocycles. The second-order valence-electron chi connectivity index (χ2n) is 7.42. The molecule has 2 aromatic heterocycles. The Morgan fingerprint density at radius 1 is 1.28 bits per heavy atom. The number of nitrogens with zero attached hydrogens (tertiary/aromatic N) is 5. The molecule has 0 spiro atoms. The summed E-state index contributed by atoms with van der Waals surface area (Å²) >= 11 is 0. The number of aromatic nitrogens is 4. The van der Waals surface area contributed by atoms with Gasteiger partial charge in [-0.15, -0.1) is 0 Å². The van der Waals surface area contributed by atoms with Gasteiger partial charge in [0.15, 0.2) is 5.65 Å². The van der Waals surface area contributed by atoms with Crippen LogP contribution in [0.25, 0.3) is 11.2 Å². The lowest BCUT2D eigenvalue weighted by atomic mass is 10.0. The summed E-state index contributed by atoms with van der Waals surface area (Å²) in [6.07, 6.45) is 4.76. The van der Waals surface area contributed by atoms with Crippen LogP contribution in [0.3, 0.4) is 0 Å². The first-order valence-corrected chi connectivity index (χ1v) is 9.90. The molecular weight excluding hydrogens is 368 g/mol. The summed E-state index contributed by atoms with van der Waals surface area (Å²) in [4.78, 5) is 23.7. The zero-order chi connectivity index (χ0) is 20.2. The van der Waals surface area contributed by atoms with E-state index >= 15 is 0 Å². The number of rotatable bonds is 7. The minimum atomic E-state index is -0.0466. The number of para-hydroxylation sites is 1. The molecule has 0 bridgehead atoms. The number of benzene rings is 1. The second-order valence-corrected chi connectivity index (χ2v) is 7.42. The van der Waals surface area contributed by atoms with Crippen molar-refractivity contribution in [3.8, 4) is 5.75 Å². The number of amides is 1.